The van der Waals surface area contributed by atoms with Gasteiger partial charge in [0.2, 0.25) is 0 Å². The number of allylic oxidation sites excluding steroid dienone is 2. The van der Waals surface area contributed by atoms with Crippen molar-refractivity contribution in [2.45, 2.75) is 45.7 Å². The fraction of sp³-hybridized carbons (Fsp3) is 0.538. The second-order valence-electron chi connectivity index (χ2n) is 4.03. The van der Waals surface area contributed by atoms with Crippen LogP contribution in [0.1, 0.15) is 32.0 Å². The number of hydrogen-bond donors (Lipinski definition) is 0. The number of nitrogens with zero attached hydrogens (tertiary/aromatic N) is 3. The summed E-state index contributed by atoms with van der Waals surface area (Å²) in [7, 11) is 0. The van der Waals surface area contributed by atoms with Crippen LogP contribution < -0.4 is 5.69 Å². The molecule has 1 aromatic rings. The Morgan fingerprint density at radius 3 is 2.53 bits per heavy atom. The number of aromatic nitrogens is 3. The van der Waals surface area contributed by atoms with Gasteiger partial charge < -0.3 is 0 Å². The van der Waals surface area contributed by atoms with Gasteiger partial charge in [-0.15, -0.1) is 13.2 Å². The number of hydrogen-bond acceptors (Lipinski definition) is 2. The lowest BCUT2D eigenvalue weighted by Gasteiger charge is -2.01. The van der Waals surface area contributed by atoms with Gasteiger partial charge in [-0.05, 0) is 6.42 Å². The van der Waals surface area contributed by atoms with Crippen LogP contribution in [0.5, 0.6) is 0 Å². The molecule has 0 saturated carbocycles. The molecule has 0 amide bonds. The Bertz CT molecular complexity index is 428. The monoisotopic (exact) mass is 235 g/mol. The van der Waals surface area contributed by atoms with E-state index in [-0.39, 0.29) is 5.69 Å². The first kappa shape index (κ1) is 13.5. The molecule has 0 fully saturated rings. The fourth-order valence-corrected chi connectivity index (χ4v) is 1.76. The van der Waals surface area contributed by atoms with Crippen molar-refractivity contribution in [2.75, 3.05) is 0 Å². The van der Waals surface area contributed by atoms with Crippen molar-refractivity contribution in [1.29, 1.82) is 0 Å². The van der Waals surface area contributed by atoms with Gasteiger partial charge in [0.1, 0.15) is 5.82 Å². The maximum atomic E-state index is 12.0. The molecule has 1 aromatic heterocycles. The summed E-state index contributed by atoms with van der Waals surface area (Å²) in [5.74, 6) is 0.852. The second kappa shape index (κ2) is 6.89. The SMILES string of the molecule is C=CCn1nc(CCCCC)n(CC=C)c1=O. The molecule has 1 heterocycles. The molecule has 1 rings (SSSR count). The molecule has 17 heavy (non-hydrogen) atoms. The van der Waals surface area contributed by atoms with Crippen LogP contribution in [0.25, 0.3) is 0 Å². The average molecular weight is 235 g/mol. The third-order valence-electron chi connectivity index (χ3n) is 2.62. The minimum atomic E-state index is -0.0729. The van der Waals surface area contributed by atoms with Gasteiger partial charge in [0.25, 0.3) is 0 Å². The van der Waals surface area contributed by atoms with Gasteiger partial charge in [-0.1, -0.05) is 31.9 Å². The molecule has 0 atom stereocenters. The normalized spacial score (nSPS) is 10.4. The zero-order valence-corrected chi connectivity index (χ0v) is 10.6. The summed E-state index contributed by atoms with van der Waals surface area (Å²) in [6.07, 6.45) is 7.65. The number of unbranched alkanes of at least 4 members (excludes halogenated alkanes) is 2. The molecule has 0 aromatic carbocycles. The molecule has 4 heteroatoms. The molecule has 0 aliphatic carbocycles. The van der Waals surface area contributed by atoms with Crippen molar-refractivity contribution < 1.29 is 0 Å². The van der Waals surface area contributed by atoms with Gasteiger partial charge in [0.15, 0.2) is 0 Å². The van der Waals surface area contributed by atoms with Crippen LogP contribution in [-0.4, -0.2) is 14.3 Å². The van der Waals surface area contributed by atoms with Crippen LogP contribution in [0.4, 0.5) is 0 Å². The van der Waals surface area contributed by atoms with Gasteiger partial charge in [0.05, 0.1) is 6.54 Å². The van der Waals surface area contributed by atoms with Crippen molar-refractivity contribution in [3.63, 3.8) is 0 Å². The minimum absolute atomic E-state index is 0.0729. The molecule has 0 aliphatic heterocycles. The lowest BCUT2D eigenvalue weighted by molar-refractivity contribution is 0.646. The molecule has 4 nitrogen and oxygen atoms in total. The van der Waals surface area contributed by atoms with E-state index in [4.69, 9.17) is 0 Å². The van der Waals surface area contributed by atoms with Crippen LogP contribution in [0, 0.1) is 0 Å². The Balaban J connectivity index is 2.92. The Labute approximate surface area is 102 Å². The predicted molar refractivity (Wildman–Crippen MR) is 70.1 cm³/mol. The highest BCUT2D eigenvalue weighted by Gasteiger charge is 2.10. The van der Waals surface area contributed by atoms with E-state index in [9.17, 15) is 4.79 Å². The summed E-state index contributed by atoms with van der Waals surface area (Å²) in [6.45, 7) is 10.4. The predicted octanol–water partition coefficient (Wildman–Crippen LogP) is 2.15. The van der Waals surface area contributed by atoms with Crippen molar-refractivity contribution in [3.05, 3.63) is 41.6 Å². The van der Waals surface area contributed by atoms with Gasteiger partial charge in [-0.25, -0.2) is 9.48 Å². The highest BCUT2D eigenvalue weighted by molar-refractivity contribution is 4.91. The third-order valence-corrected chi connectivity index (χ3v) is 2.62. The first-order valence-electron chi connectivity index (χ1n) is 6.12. The Morgan fingerprint density at radius 1 is 1.24 bits per heavy atom. The molecule has 0 aliphatic rings. The van der Waals surface area contributed by atoms with E-state index >= 15 is 0 Å². The maximum absolute atomic E-state index is 12.0. The van der Waals surface area contributed by atoms with Crippen molar-refractivity contribution in [1.82, 2.24) is 14.3 Å². The van der Waals surface area contributed by atoms with Crippen LogP contribution >= 0.6 is 0 Å². The second-order valence-corrected chi connectivity index (χ2v) is 4.03. The quantitative estimate of drug-likeness (QED) is 0.511. The highest BCUT2D eigenvalue weighted by atomic mass is 16.2. The Hall–Kier alpha value is -1.58. The van der Waals surface area contributed by atoms with Gasteiger partial charge in [-0.3, -0.25) is 4.57 Å². The van der Waals surface area contributed by atoms with E-state index in [1.807, 2.05) is 0 Å². The molecule has 0 N–H and O–H groups in total. The maximum Gasteiger partial charge on any atom is 0.346 e. The van der Waals surface area contributed by atoms with E-state index in [2.05, 4.69) is 25.2 Å². The summed E-state index contributed by atoms with van der Waals surface area (Å²) in [4.78, 5) is 12.0. The van der Waals surface area contributed by atoms with Crippen LogP contribution in [0.2, 0.25) is 0 Å². The van der Waals surface area contributed by atoms with E-state index in [0.29, 0.717) is 13.1 Å². The lowest BCUT2D eigenvalue weighted by Crippen LogP contribution is -2.24. The summed E-state index contributed by atoms with van der Waals surface area (Å²) in [5.41, 5.74) is -0.0729. The zero-order chi connectivity index (χ0) is 12.7. The number of aryl methyl sites for hydroxylation is 1. The summed E-state index contributed by atoms with van der Waals surface area (Å²) < 4.78 is 3.14. The molecule has 0 saturated heterocycles. The van der Waals surface area contributed by atoms with Crippen LogP contribution in [0.3, 0.4) is 0 Å². The average Bonchev–Trinajstić information content (AvgIpc) is 2.60. The van der Waals surface area contributed by atoms with E-state index in [0.717, 1.165) is 25.1 Å². The van der Waals surface area contributed by atoms with E-state index in [1.54, 1.807) is 16.7 Å². The molecule has 94 valence electrons. The Morgan fingerprint density at radius 2 is 1.94 bits per heavy atom. The van der Waals surface area contributed by atoms with Gasteiger partial charge in [-0.2, -0.15) is 5.10 Å². The van der Waals surface area contributed by atoms with Crippen molar-refractivity contribution in [2.24, 2.45) is 0 Å². The summed E-state index contributed by atoms with van der Waals surface area (Å²) in [5, 5.41) is 4.34. The summed E-state index contributed by atoms with van der Waals surface area (Å²) in [6, 6.07) is 0. The van der Waals surface area contributed by atoms with Crippen LogP contribution in [0.15, 0.2) is 30.1 Å². The highest BCUT2D eigenvalue weighted by Crippen LogP contribution is 2.03. The Kier molecular flexibility index (Phi) is 5.46. The minimum Gasteiger partial charge on any atom is -0.275 e. The molecule has 0 radical (unpaired) electrons. The van der Waals surface area contributed by atoms with Gasteiger partial charge >= 0.3 is 5.69 Å². The third kappa shape index (κ3) is 3.44. The standard InChI is InChI=1S/C13H21N3O/c1-4-7-8-9-12-14-16(11-6-3)13(17)15(12)10-5-2/h5-6H,2-4,7-11H2,1H3. The topological polar surface area (TPSA) is 39.8 Å². The van der Waals surface area contributed by atoms with Crippen molar-refractivity contribution >= 4 is 0 Å². The van der Waals surface area contributed by atoms with E-state index < -0.39 is 0 Å². The molecule has 0 spiro atoms. The summed E-state index contributed by atoms with van der Waals surface area (Å²) >= 11 is 0. The largest absolute Gasteiger partial charge is 0.346 e. The van der Waals surface area contributed by atoms with Crippen LogP contribution in [-0.2, 0) is 19.5 Å². The smallest absolute Gasteiger partial charge is 0.275 e. The molecular formula is C13H21N3O. The molecule has 0 bridgehead atoms. The number of rotatable bonds is 8. The zero-order valence-electron chi connectivity index (χ0n) is 10.6. The molecular weight excluding hydrogens is 214 g/mol. The first-order valence-corrected chi connectivity index (χ1v) is 6.12. The van der Waals surface area contributed by atoms with Gasteiger partial charge in [0, 0.05) is 13.0 Å². The van der Waals surface area contributed by atoms with Crippen molar-refractivity contribution in [3.8, 4) is 0 Å². The lowest BCUT2D eigenvalue weighted by atomic mass is 10.2. The van der Waals surface area contributed by atoms with E-state index in [1.165, 1.54) is 11.1 Å². The fourth-order valence-electron chi connectivity index (χ4n) is 1.76. The first-order chi connectivity index (χ1) is 8.24. The molecule has 0 unspecified atom stereocenters.